The van der Waals surface area contributed by atoms with Crippen LogP contribution in [0.2, 0.25) is 0 Å². The second kappa shape index (κ2) is 12.8. The number of hydrogen-bond acceptors (Lipinski definition) is 6. The molecule has 178 valence electrons. The topological polar surface area (TPSA) is 60.8 Å². The van der Waals surface area contributed by atoms with Gasteiger partial charge in [0, 0.05) is 36.8 Å². The highest BCUT2D eigenvalue weighted by molar-refractivity contribution is 7.11. The molecule has 1 aliphatic heterocycles. The van der Waals surface area contributed by atoms with Gasteiger partial charge in [-0.3, -0.25) is 0 Å². The van der Waals surface area contributed by atoms with Gasteiger partial charge in [0.25, 0.3) is 0 Å². The van der Waals surface area contributed by atoms with Gasteiger partial charge in [-0.15, -0.1) is 11.3 Å². The maximum atomic E-state index is 9.79. The lowest BCUT2D eigenvalue weighted by atomic mass is 9.98. The van der Waals surface area contributed by atoms with Gasteiger partial charge in [0.05, 0.1) is 23.2 Å². The van der Waals surface area contributed by atoms with Crippen LogP contribution >= 0.6 is 11.3 Å². The van der Waals surface area contributed by atoms with E-state index in [0.717, 1.165) is 55.2 Å². The van der Waals surface area contributed by atoms with E-state index in [1.165, 1.54) is 10.6 Å². The van der Waals surface area contributed by atoms with Crippen molar-refractivity contribution >= 4 is 17.2 Å². The Bertz CT molecular complexity index is 940. The molecule has 0 saturated carbocycles. The maximum absolute atomic E-state index is 9.79. The third-order valence-corrected chi connectivity index (χ3v) is 7.41. The first kappa shape index (κ1) is 25.3. The fraction of sp³-hybridized carbons (Fsp3) is 0.481. The molecule has 1 aromatic heterocycles. The van der Waals surface area contributed by atoms with E-state index in [1.807, 2.05) is 36.6 Å². The third kappa shape index (κ3) is 6.85. The first-order valence-corrected chi connectivity index (χ1v) is 12.8. The van der Waals surface area contributed by atoms with E-state index >= 15 is 0 Å². The number of aliphatic imine (C=N–C) groups is 1. The molecule has 33 heavy (non-hydrogen) atoms. The van der Waals surface area contributed by atoms with Gasteiger partial charge in [-0.1, -0.05) is 43.0 Å². The standard InChI is InChI=1S/C27H38N4OS/c1-5-7-10-22(6-2)23(19-32)18-28-15-13-21-9-8-17-31(4)27(29-16-14-21)24-11-12-25-26(24)30-20(3)33-25/h5-8,10,14,16-17,21,23-24,28,32H,1,9,11-13,15,18-19H2,2-4H3/b10-7-,16-14+,17-8+,22-6+,29-27?. The Morgan fingerprint density at radius 3 is 3.06 bits per heavy atom. The lowest BCUT2D eigenvalue weighted by Gasteiger charge is -2.21. The van der Waals surface area contributed by atoms with Crippen LogP contribution in [0.15, 0.2) is 66.0 Å². The van der Waals surface area contributed by atoms with E-state index < -0.39 is 0 Å². The summed E-state index contributed by atoms with van der Waals surface area (Å²) in [5.74, 6) is 1.89. The number of allylic oxidation sites excluding steroid dienone is 6. The molecule has 2 heterocycles. The molecule has 2 aliphatic rings. The summed E-state index contributed by atoms with van der Waals surface area (Å²) in [6.07, 6.45) is 20.6. The molecule has 0 amide bonds. The van der Waals surface area contributed by atoms with Crippen molar-refractivity contribution in [3.63, 3.8) is 0 Å². The number of aryl methyl sites for hydroxylation is 2. The molecule has 0 fully saturated rings. The van der Waals surface area contributed by atoms with Crippen LogP contribution in [0.5, 0.6) is 0 Å². The van der Waals surface area contributed by atoms with E-state index in [4.69, 9.17) is 9.98 Å². The molecule has 5 nitrogen and oxygen atoms in total. The van der Waals surface area contributed by atoms with Crippen LogP contribution < -0.4 is 5.32 Å². The van der Waals surface area contributed by atoms with Gasteiger partial charge in [-0.05, 0) is 57.6 Å². The molecule has 3 unspecified atom stereocenters. The van der Waals surface area contributed by atoms with E-state index in [1.54, 1.807) is 6.08 Å². The van der Waals surface area contributed by atoms with Crippen LogP contribution in [0.1, 0.15) is 47.7 Å². The maximum Gasteiger partial charge on any atom is 0.117 e. The summed E-state index contributed by atoms with van der Waals surface area (Å²) in [5, 5.41) is 14.5. The zero-order chi connectivity index (χ0) is 23.6. The number of aliphatic hydroxyl groups is 1. The number of thiazole rings is 1. The highest BCUT2D eigenvalue weighted by Gasteiger charge is 2.31. The van der Waals surface area contributed by atoms with E-state index in [-0.39, 0.29) is 18.4 Å². The van der Waals surface area contributed by atoms with Gasteiger partial charge >= 0.3 is 0 Å². The van der Waals surface area contributed by atoms with Crippen molar-refractivity contribution in [3.05, 3.63) is 76.6 Å². The molecular weight excluding hydrogens is 428 g/mol. The van der Waals surface area contributed by atoms with Crippen LogP contribution in [0.4, 0.5) is 0 Å². The van der Waals surface area contributed by atoms with E-state index in [9.17, 15) is 5.11 Å². The zero-order valence-electron chi connectivity index (χ0n) is 20.2. The van der Waals surface area contributed by atoms with Crippen LogP contribution in [0, 0.1) is 18.8 Å². The largest absolute Gasteiger partial charge is 0.396 e. The fourth-order valence-corrected chi connectivity index (χ4v) is 5.54. The predicted octanol–water partition coefficient (Wildman–Crippen LogP) is 5.14. The predicted molar refractivity (Wildman–Crippen MR) is 141 cm³/mol. The van der Waals surface area contributed by atoms with Gasteiger partial charge in [0.2, 0.25) is 0 Å². The Balaban J connectivity index is 1.56. The molecule has 2 N–H and O–H groups in total. The average Bonchev–Trinajstić information content (AvgIpc) is 3.38. The van der Waals surface area contributed by atoms with Crippen molar-refractivity contribution in [3.8, 4) is 0 Å². The minimum absolute atomic E-state index is 0.0913. The first-order chi connectivity index (χ1) is 16.1. The van der Waals surface area contributed by atoms with Crippen molar-refractivity contribution < 1.29 is 5.11 Å². The van der Waals surface area contributed by atoms with Crippen LogP contribution in [-0.4, -0.2) is 47.6 Å². The van der Waals surface area contributed by atoms with E-state index in [0.29, 0.717) is 5.92 Å². The van der Waals surface area contributed by atoms with Crippen LogP contribution in [0.25, 0.3) is 0 Å². The quantitative estimate of drug-likeness (QED) is 0.370. The van der Waals surface area contributed by atoms with Crippen molar-refractivity contribution in [1.82, 2.24) is 15.2 Å². The second-order valence-electron chi connectivity index (χ2n) is 8.71. The molecule has 0 radical (unpaired) electrons. The molecule has 0 spiro atoms. The molecule has 6 heteroatoms. The molecule has 3 atom stereocenters. The van der Waals surface area contributed by atoms with Gasteiger partial charge in [-0.2, -0.15) is 0 Å². The van der Waals surface area contributed by atoms with Gasteiger partial charge in [0.15, 0.2) is 0 Å². The van der Waals surface area contributed by atoms with Gasteiger partial charge in [0.1, 0.15) is 5.84 Å². The van der Waals surface area contributed by atoms with Gasteiger partial charge < -0.3 is 15.3 Å². The number of likely N-dealkylation sites (N-methyl/N-ethyl adjacent to an activating group) is 1. The molecule has 1 aromatic rings. The van der Waals surface area contributed by atoms with Crippen molar-refractivity contribution in [2.75, 3.05) is 26.7 Å². The highest BCUT2D eigenvalue weighted by Crippen LogP contribution is 2.38. The van der Waals surface area contributed by atoms with Crippen molar-refractivity contribution in [1.29, 1.82) is 0 Å². The molecule has 0 aromatic carbocycles. The third-order valence-electron chi connectivity index (χ3n) is 6.36. The number of aliphatic hydroxyl groups excluding tert-OH is 1. The van der Waals surface area contributed by atoms with E-state index in [2.05, 4.69) is 55.2 Å². The highest BCUT2D eigenvalue weighted by atomic mass is 32.1. The SMILES string of the molecule is C=C/C=C\C(=C/C)C(CO)CNCCC1/C=C/N=C(C2CCc3sc(C)nc32)N(C)/C=C/C1. The van der Waals surface area contributed by atoms with Gasteiger partial charge in [-0.25, -0.2) is 9.98 Å². The molecule has 0 saturated heterocycles. The Labute approximate surface area is 203 Å². The molecule has 0 bridgehead atoms. The molecule has 1 aliphatic carbocycles. The number of aromatic nitrogens is 1. The molecule has 3 rings (SSSR count). The normalized spacial score (nSPS) is 24.1. The Morgan fingerprint density at radius 2 is 2.30 bits per heavy atom. The average molecular weight is 467 g/mol. The summed E-state index contributed by atoms with van der Waals surface area (Å²) in [5.41, 5.74) is 2.36. The second-order valence-corrected chi connectivity index (χ2v) is 10.00. The number of rotatable bonds is 10. The number of amidine groups is 1. The zero-order valence-corrected chi connectivity index (χ0v) is 21.0. The monoisotopic (exact) mass is 466 g/mol. The summed E-state index contributed by atoms with van der Waals surface area (Å²) in [4.78, 5) is 13.3. The Kier molecular flexibility index (Phi) is 9.85. The fourth-order valence-electron chi connectivity index (χ4n) is 4.53. The summed E-state index contributed by atoms with van der Waals surface area (Å²) in [7, 11) is 2.09. The summed E-state index contributed by atoms with van der Waals surface area (Å²) >= 11 is 1.83. The Hall–Kier alpha value is -2.28. The van der Waals surface area contributed by atoms with Crippen molar-refractivity contribution in [2.24, 2.45) is 16.8 Å². The summed E-state index contributed by atoms with van der Waals surface area (Å²) < 4.78 is 0. The van der Waals surface area contributed by atoms with Crippen LogP contribution in [0.3, 0.4) is 0 Å². The lowest BCUT2D eigenvalue weighted by molar-refractivity contribution is 0.244. The van der Waals surface area contributed by atoms with Crippen molar-refractivity contribution in [2.45, 2.75) is 45.4 Å². The molecular formula is C27H38N4OS. The minimum atomic E-state index is 0.0913. The Morgan fingerprint density at radius 1 is 1.45 bits per heavy atom. The lowest BCUT2D eigenvalue weighted by Crippen LogP contribution is -2.28. The number of hydrogen-bond donors (Lipinski definition) is 2. The number of fused-ring (bicyclic) bond motifs is 1. The first-order valence-electron chi connectivity index (χ1n) is 11.9. The smallest absolute Gasteiger partial charge is 0.117 e. The van der Waals surface area contributed by atoms with Crippen LogP contribution in [-0.2, 0) is 6.42 Å². The summed E-state index contributed by atoms with van der Waals surface area (Å²) in [6, 6.07) is 0. The number of nitrogens with one attached hydrogen (secondary N) is 1. The summed E-state index contributed by atoms with van der Waals surface area (Å²) in [6.45, 7) is 9.61. The minimum Gasteiger partial charge on any atom is -0.396 e. The number of nitrogens with zero attached hydrogens (tertiary/aromatic N) is 3.